The highest BCUT2D eigenvalue weighted by Crippen LogP contribution is 2.49. The van der Waals surface area contributed by atoms with Crippen LogP contribution in [0.25, 0.3) is 105 Å². The Morgan fingerprint density at radius 2 is 0.632 bits per heavy atom. The Bertz CT molecular complexity index is 3270. The fourth-order valence-electron chi connectivity index (χ4n) is 9.09. The van der Waals surface area contributed by atoms with Crippen LogP contribution in [0.3, 0.4) is 0 Å². The van der Waals surface area contributed by atoms with Crippen molar-refractivity contribution in [2.24, 2.45) is 0 Å². The Morgan fingerprint density at radius 1 is 0.228 bits per heavy atom. The normalized spacial score (nSPS) is 11.5. The largest absolute Gasteiger partial charge is 0.309 e. The first kappa shape index (κ1) is 32.9. The van der Waals surface area contributed by atoms with Crippen molar-refractivity contribution in [3.63, 3.8) is 0 Å². The molecule has 0 fully saturated rings. The summed E-state index contributed by atoms with van der Waals surface area (Å²) in [6, 6.07) is 82.0. The van der Waals surface area contributed by atoms with Crippen LogP contribution in [0.4, 0.5) is 0 Å². The molecule has 0 radical (unpaired) electrons. The third-order valence-corrected chi connectivity index (χ3v) is 11.6. The van der Waals surface area contributed by atoms with Gasteiger partial charge in [-0.25, -0.2) is 0 Å². The number of nitrogens with zero attached hydrogens (tertiary/aromatic N) is 1. The predicted molar refractivity (Wildman–Crippen MR) is 243 cm³/mol. The van der Waals surface area contributed by atoms with Gasteiger partial charge in [-0.2, -0.15) is 0 Å². The molecule has 0 unspecified atom stereocenters. The molecule has 1 heterocycles. The van der Waals surface area contributed by atoms with E-state index >= 15 is 0 Å². The third-order valence-electron chi connectivity index (χ3n) is 11.6. The summed E-state index contributed by atoms with van der Waals surface area (Å²) in [7, 11) is 0. The lowest BCUT2D eigenvalue weighted by Crippen LogP contribution is -1.95. The van der Waals surface area contributed by atoms with Crippen LogP contribution in [-0.2, 0) is 0 Å². The van der Waals surface area contributed by atoms with Crippen molar-refractivity contribution in [3.05, 3.63) is 224 Å². The first-order valence-corrected chi connectivity index (χ1v) is 19.7. The minimum absolute atomic E-state index is 1.17. The number of benzene rings is 10. The maximum atomic E-state index is 2.45. The molecule has 266 valence electrons. The van der Waals surface area contributed by atoms with Gasteiger partial charge < -0.3 is 4.57 Å². The first-order chi connectivity index (χ1) is 28.3. The molecule has 0 atom stereocenters. The standard InChI is InChI=1S/C56H37N/c1-4-18-38(19-5-1)43-24-10-12-27-46(43)55-48-29-14-15-30-49(48)56(47-28-13-11-25-44(47)39-20-6-2-7-21-39)52-37-40(32-34-50(52)55)41-33-35-54-51(36-41)45-26-16-17-31-53(45)57(54)42-22-8-3-9-23-42/h1-37H. The topological polar surface area (TPSA) is 4.93 Å². The molecule has 0 aliphatic rings. The second-order valence-corrected chi connectivity index (χ2v) is 14.8. The summed E-state index contributed by atoms with van der Waals surface area (Å²) in [6.45, 7) is 0. The number of fused-ring (bicyclic) bond motifs is 5. The minimum Gasteiger partial charge on any atom is -0.309 e. The van der Waals surface area contributed by atoms with Gasteiger partial charge in [0.2, 0.25) is 0 Å². The van der Waals surface area contributed by atoms with Gasteiger partial charge in [-0.3, -0.25) is 0 Å². The molecule has 10 aromatic carbocycles. The van der Waals surface area contributed by atoms with Crippen molar-refractivity contribution < 1.29 is 0 Å². The quantitative estimate of drug-likeness (QED) is 0.151. The van der Waals surface area contributed by atoms with Gasteiger partial charge >= 0.3 is 0 Å². The van der Waals surface area contributed by atoms with Crippen molar-refractivity contribution in [1.82, 2.24) is 4.57 Å². The van der Waals surface area contributed by atoms with E-state index in [0.717, 1.165) is 0 Å². The highest BCUT2D eigenvalue weighted by molar-refractivity contribution is 6.24. The summed E-state index contributed by atoms with van der Waals surface area (Å²) < 4.78 is 2.38. The Kier molecular flexibility index (Phi) is 7.89. The van der Waals surface area contributed by atoms with Gasteiger partial charge in [-0.15, -0.1) is 0 Å². The zero-order valence-electron chi connectivity index (χ0n) is 31.3. The van der Waals surface area contributed by atoms with E-state index in [1.807, 2.05) is 0 Å². The Labute approximate surface area is 332 Å². The smallest absolute Gasteiger partial charge is 0.0541 e. The molecule has 1 heteroatoms. The van der Waals surface area contributed by atoms with E-state index in [-0.39, 0.29) is 0 Å². The van der Waals surface area contributed by atoms with Crippen molar-refractivity contribution >= 4 is 43.4 Å². The van der Waals surface area contributed by atoms with Crippen LogP contribution in [0, 0.1) is 0 Å². The molecule has 0 saturated heterocycles. The van der Waals surface area contributed by atoms with Crippen LogP contribution in [0.15, 0.2) is 224 Å². The third kappa shape index (κ3) is 5.47. The Balaban J connectivity index is 1.23. The fourth-order valence-corrected chi connectivity index (χ4v) is 9.09. The molecule has 1 nitrogen and oxygen atoms in total. The van der Waals surface area contributed by atoms with E-state index in [1.54, 1.807) is 0 Å². The fraction of sp³-hybridized carbons (Fsp3) is 0. The Hall–Kier alpha value is -7.48. The van der Waals surface area contributed by atoms with Gasteiger partial charge in [-0.1, -0.05) is 188 Å². The van der Waals surface area contributed by atoms with Crippen LogP contribution >= 0.6 is 0 Å². The minimum atomic E-state index is 1.17. The second-order valence-electron chi connectivity index (χ2n) is 14.8. The first-order valence-electron chi connectivity index (χ1n) is 19.7. The molecular formula is C56H37N. The van der Waals surface area contributed by atoms with E-state index in [1.165, 1.54) is 105 Å². The Morgan fingerprint density at radius 3 is 1.23 bits per heavy atom. The average molecular weight is 724 g/mol. The van der Waals surface area contributed by atoms with E-state index in [2.05, 4.69) is 229 Å². The summed E-state index contributed by atoms with van der Waals surface area (Å²) in [5.41, 5.74) is 15.8. The van der Waals surface area contributed by atoms with Gasteiger partial charge in [0, 0.05) is 16.5 Å². The van der Waals surface area contributed by atoms with Crippen LogP contribution < -0.4 is 0 Å². The summed E-state index contributed by atoms with van der Waals surface area (Å²) in [5, 5.41) is 7.46. The molecule has 0 spiro atoms. The zero-order valence-corrected chi connectivity index (χ0v) is 31.3. The maximum absolute atomic E-state index is 2.45. The number of aromatic nitrogens is 1. The van der Waals surface area contributed by atoms with Gasteiger partial charge in [0.1, 0.15) is 0 Å². The van der Waals surface area contributed by atoms with Gasteiger partial charge in [0.05, 0.1) is 11.0 Å². The molecule has 0 saturated carbocycles. The van der Waals surface area contributed by atoms with Crippen LogP contribution in [0.5, 0.6) is 0 Å². The SMILES string of the molecule is c1ccc(-c2ccccc2-c2c3ccccc3c(-c3ccccc3-c3ccccc3)c3cc(-c4ccc5c(c4)c4ccccc4n5-c4ccccc4)ccc23)cc1. The van der Waals surface area contributed by atoms with Crippen molar-refractivity contribution in [1.29, 1.82) is 0 Å². The van der Waals surface area contributed by atoms with E-state index in [9.17, 15) is 0 Å². The summed E-state index contributed by atoms with van der Waals surface area (Å²) >= 11 is 0. The molecule has 0 N–H and O–H groups in total. The molecule has 1 aromatic heterocycles. The van der Waals surface area contributed by atoms with Crippen molar-refractivity contribution in [3.8, 4) is 61.3 Å². The molecule has 0 bridgehead atoms. The highest BCUT2D eigenvalue weighted by Gasteiger charge is 2.22. The molecule has 11 rings (SSSR count). The van der Waals surface area contributed by atoms with E-state index < -0.39 is 0 Å². The predicted octanol–water partition coefficient (Wildman–Crippen LogP) is 15.4. The number of hydrogen-bond donors (Lipinski definition) is 0. The highest BCUT2D eigenvalue weighted by atomic mass is 15.0. The van der Waals surface area contributed by atoms with Crippen LogP contribution in [-0.4, -0.2) is 4.57 Å². The summed E-state index contributed by atoms with van der Waals surface area (Å²) in [6.07, 6.45) is 0. The van der Waals surface area contributed by atoms with E-state index in [0.29, 0.717) is 0 Å². The van der Waals surface area contributed by atoms with Crippen LogP contribution in [0.1, 0.15) is 0 Å². The lowest BCUT2D eigenvalue weighted by atomic mass is 9.81. The maximum Gasteiger partial charge on any atom is 0.0541 e. The number of hydrogen-bond acceptors (Lipinski definition) is 0. The van der Waals surface area contributed by atoms with Gasteiger partial charge in [-0.05, 0) is 114 Å². The molecule has 0 aliphatic heterocycles. The molecule has 0 amide bonds. The second kappa shape index (κ2) is 13.7. The summed E-state index contributed by atoms with van der Waals surface area (Å²) in [4.78, 5) is 0. The number of rotatable bonds is 6. The lowest BCUT2D eigenvalue weighted by molar-refractivity contribution is 1.18. The zero-order chi connectivity index (χ0) is 37.7. The molecular weight excluding hydrogens is 687 g/mol. The summed E-state index contributed by atoms with van der Waals surface area (Å²) in [5.74, 6) is 0. The lowest BCUT2D eigenvalue weighted by Gasteiger charge is -2.22. The molecule has 11 aromatic rings. The average Bonchev–Trinajstić information content (AvgIpc) is 3.62. The monoisotopic (exact) mass is 723 g/mol. The van der Waals surface area contributed by atoms with E-state index in [4.69, 9.17) is 0 Å². The van der Waals surface area contributed by atoms with Gasteiger partial charge in [0.25, 0.3) is 0 Å². The molecule has 57 heavy (non-hydrogen) atoms. The van der Waals surface area contributed by atoms with Gasteiger partial charge in [0.15, 0.2) is 0 Å². The molecule has 0 aliphatic carbocycles. The number of para-hydroxylation sites is 2. The van der Waals surface area contributed by atoms with Crippen molar-refractivity contribution in [2.45, 2.75) is 0 Å². The van der Waals surface area contributed by atoms with Crippen molar-refractivity contribution in [2.75, 3.05) is 0 Å². The van der Waals surface area contributed by atoms with Crippen LogP contribution in [0.2, 0.25) is 0 Å².